The van der Waals surface area contributed by atoms with E-state index < -0.39 is 0 Å². The summed E-state index contributed by atoms with van der Waals surface area (Å²) in [6.45, 7) is 5.74. The zero-order valence-corrected chi connectivity index (χ0v) is 15.6. The Balaban J connectivity index is 1.42. The van der Waals surface area contributed by atoms with Crippen molar-refractivity contribution in [2.75, 3.05) is 32.8 Å². The second-order valence-corrected chi connectivity index (χ2v) is 7.12. The number of urea groups is 1. The van der Waals surface area contributed by atoms with Crippen molar-refractivity contribution in [3.63, 3.8) is 0 Å². The topological polar surface area (TPSA) is 53.6 Å². The van der Waals surface area contributed by atoms with Crippen molar-refractivity contribution in [2.45, 2.75) is 45.2 Å². The number of nitrogens with one attached hydrogen (secondary N) is 2. The molecule has 0 unspecified atom stereocenters. The van der Waals surface area contributed by atoms with Crippen LogP contribution in [0.25, 0.3) is 0 Å². The molecule has 142 valence electrons. The number of carbonyl (C=O) groups is 1. The first-order chi connectivity index (χ1) is 12.8. The molecule has 0 atom stereocenters. The molecular weight excluding hydrogens is 326 g/mol. The van der Waals surface area contributed by atoms with Gasteiger partial charge >= 0.3 is 6.03 Å². The molecule has 1 heterocycles. The molecule has 5 heteroatoms. The van der Waals surface area contributed by atoms with Crippen LogP contribution >= 0.6 is 0 Å². The van der Waals surface area contributed by atoms with Gasteiger partial charge in [0.1, 0.15) is 0 Å². The highest BCUT2D eigenvalue weighted by Gasteiger charge is 2.13. The zero-order chi connectivity index (χ0) is 18.0. The van der Waals surface area contributed by atoms with Crippen LogP contribution in [0.15, 0.2) is 35.9 Å². The second-order valence-electron chi connectivity index (χ2n) is 7.12. The lowest BCUT2D eigenvalue weighted by Crippen LogP contribution is -2.37. The van der Waals surface area contributed by atoms with Crippen LogP contribution in [-0.2, 0) is 17.8 Å². The third kappa shape index (κ3) is 6.15. The lowest BCUT2D eigenvalue weighted by Gasteiger charge is -2.27. The molecule has 2 amide bonds. The lowest BCUT2D eigenvalue weighted by atomic mass is 9.97. The van der Waals surface area contributed by atoms with Gasteiger partial charge in [-0.25, -0.2) is 4.79 Å². The Morgan fingerprint density at radius 3 is 2.65 bits per heavy atom. The van der Waals surface area contributed by atoms with Crippen molar-refractivity contribution in [3.05, 3.63) is 47.0 Å². The van der Waals surface area contributed by atoms with Crippen molar-refractivity contribution in [1.82, 2.24) is 15.5 Å². The van der Waals surface area contributed by atoms with Gasteiger partial charge in [0.2, 0.25) is 0 Å². The highest BCUT2D eigenvalue weighted by Crippen LogP contribution is 2.19. The lowest BCUT2D eigenvalue weighted by molar-refractivity contribution is 0.0341. The summed E-state index contributed by atoms with van der Waals surface area (Å²) >= 11 is 0. The van der Waals surface area contributed by atoms with E-state index in [0.29, 0.717) is 13.1 Å². The molecule has 1 aromatic rings. The van der Waals surface area contributed by atoms with Gasteiger partial charge in [0.25, 0.3) is 0 Å². The first-order valence-electron chi connectivity index (χ1n) is 9.88. The summed E-state index contributed by atoms with van der Waals surface area (Å²) in [4.78, 5) is 14.5. The molecule has 26 heavy (non-hydrogen) atoms. The predicted molar refractivity (Wildman–Crippen MR) is 104 cm³/mol. The number of hydrogen-bond acceptors (Lipinski definition) is 3. The Morgan fingerprint density at radius 2 is 1.88 bits per heavy atom. The van der Waals surface area contributed by atoms with Gasteiger partial charge in [-0.1, -0.05) is 35.9 Å². The third-order valence-electron chi connectivity index (χ3n) is 5.17. The van der Waals surface area contributed by atoms with Gasteiger partial charge < -0.3 is 15.4 Å². The molecule has 1 aliphatic carbocycles. The number of hydrogen-bond donors (Lipinski definition) is 2. The normalized spacial score (nSPS) is 18.2. The smallest absolute Gasteiger partial charge is 0.315 e. The minimum atomic E-state index is -0.0809. The molecule has 1 saturated heterocycles. The minimum Gasteiger partial charge on any atom is -0.379 e. The van der Waals surface area contributed by atoms with Crippen LogP contribution in [0.3, 0.4) is 0 Å². The molecule has 0 aromatic heterocycles. The molecule has 0 spiro atoms. The minimum absolute atomic E-state index is 0.0809. The number of rotatable bonds is 7. The van der Waals surface area contributed by atoms with Crippen molar-refractivity contribution in [3.8, 4) is 0 Å². The van der Waals surface area contributed by atoms with Crippen LogP contribution in [0.4, 0.5) is 4.79 Å². The molecule has 1 aliphatic heterocycles. The molecule has 2 N–H and O–H groups in total. The molecule has 0 saturated carbocycles. The van der Waals surface area contributed by atoms with E-state index >= 15 is 0 Å². The quantitative estimate of drug-likeness (QED) is 0.737. The summed E-state index contributed by atoms with van der Waals surface area (Å²) < 4.78 is 5.42. The summed E-state index contributed by atoms with van der Waals surface area (Å²) in [6.07, 6.45) is 8.30. The highest BCUT2D eigenvalue weighted by atomic mass is 16.5. The van der Waals surface area contributed by atoms with Crippen LogP contribution in [0, 0.1) is 0 Å². The molecule has 0 radical (unpaired) electrons. The van der Waals surface area contributed by atoms with Crippen molar-refractivity contribution >= 4 is 6.03 Å². The Kier molecular flexibility index (Phi) is 7.52. The fraction of sp³-hybridized carbons (Fsp3) is 0.571. The molecule has 1 fully saturated rings. The maximum atomic E-state index is 12.1. The summed E-state index contributed by atoms with van der Waals surface area (Å²) in [7, 11) is 0. The number of morpholine rings is 1. The summed E-state index contributed by atoms with van der Waals surface area (Å²) in [6, 6.07) is 8.27. The maximum absolute atomic E-state index is 12.1. The second kappa shape index (κ2) is 10.3. The Hall–Kier alpha value is -1.85. The Labute approximate surface area is 156 Å². The molecular formula is C21H31N3O2. The molecule has 3 rings (SSSR count). The van der Waals surface area contributed by atoms with Crippen LogP contribution in [0.2, 0.25) is 0 Å². The number of benzene rings is 1. The monoisotopic (exact) mass is 357 g/mol. The number of allylic oxidation sites excluding steroid dienone is 1. The van der Waals surface area contributed by atoms with E-state index in [-0.39, 0.29) is 6.03 Å². The first kappa shape index (κ1) is 18.9. The van der Waals surface area contributed by atoms with Gasteiger partial charge in [0.05, 0.1) is 13.2 Å². The van der Waals surface area contributed by atoms with Crippen molar-refractivity contribution in [1.29, 1.82) is 0 Å². The van der Waals surface area contributed by atoms with Gasteiger partial charge in [-0.15, -0.1) is 0 Å². The number of amides is 2. The number of nitrogens with zero attached hydrogens (tertiary/aromatic N) is 1. The van der Waals surface area contributed by atoms with Crippen LogP contribution in [0.5, 0.6) is 0 Å². The fourth-order valence-corrected chi connectivity index (χ4v) is 3.59. The van der Waals surface area contributed by atoms with E-state index in [2.05, 4.69) is 39.8 Å². The van der Waals surface area contributed by atoms with Crippen molar-refractivity contribution in [2.24, 2.45) is 0 Å². The number of carbonyl (C=O) groups excluding carboxylic acids is 1. The van der Waals surface area contributed by atoms with Crippen LogP contribution in [0.1, 0.15) is 43.2 Å². The standard InChI is InChI=1S/C21H31N3O2/c25-21(22-11-10-18-6-2-1-3-7-18)23-16-19-8-4-5-9-20(19)17-24-12-14-26-15-13-24/h4-6,8-9H,1-3,7,10-17H2,(H2,22,23,25). The Bertz CT molecular complexity index is 609. The van der Waals surface area contributed by atoms with Crippen LogP contribution < -0.4 is 10.6 Å². The SMILES string of the molecule is O=C(NCCC1=CCCCC1)NCc1ccccc1CN1CCOCC1. The number of ether oxygens (including phenoxy) is 1. The van der Waals surface area contributed by atoms with E-state index in [1.807, 2.05) is 6.07 Å². The first-order valence-corrected chi connectivity index (χ1v) is 9.88. The summed E-state index contributed by atoms with van der Waals surface area (Å²) in [5.41, 5.74) is 3.96. The van der Waals surface area contributed by atoms with E-state index in [4.69, 9.17) is 4.74 Å². The maximum Gasteiger partial charge on any atom is 0.315 e. The molecule has 1 aromatic carbocycles. The largest absolute Gasteiger partial charge is 0.379 e. The van der Waals surface area contributed by atoms with E-state index in [1.54, 1.807) is 0 Å². The summed E-state index contributed by atoms with van der Waals surface area (Å²) in [5, 5.41) is 5.98. The summed E-state index contributed by atoms with van der Waals surface area (Å²) in [5.74, 6) is 0. The van der Waals surface area contributed by atoms with Crippen molar-refractivity contribution < 1.29 is 9.53 Å². The highest BCUT2D eigenvalue weighted by molar-refractivity contribution is 5.73. The predicted octanol–water partition coefficient (Wildman–Crippen LogP) is 3.21. The zero-order valence-electron chi connectivity index (χ0n) is 15.6. The Morgan fingerprint density at radius 1 is 1.08 bits per heavy atom. The van der Waals surface area contributed by atoms with E-state index in [1.165, 1.54) is 42.4 Å². The van der Waals surface area contributed by atoms with Gasteiger partial charge in [-0.2, -0.15) is 0 Å². The van der Waals surface area contributed by atoms with E-state index in [0.717, 1.165) is 39.3 Å². The average Bonchev–Trinajstić information content (AvgIpc) is 2.69. The molecule has 0 bridgehead atoms. The van der Waals surface area contributed by atoms with E-state index in [9.17, 15) is 4.79 Å². The van der Waals surface area contributed by atoms with Gasteiger partial charge in [-0.3, -0.25) is 4.90 Å². The van der Waals surface area contributed by atoms with Gasteiger partial charge in [0.15, 0.2) is 0 Å². The van der Waals surface area contributed by atoms with Gasteiger partial charge in [0, 0.05) is 32.7 Å². The third-order valence-corrected chi connectivity index (χ3v) is 5.17. The van der Waals surface area contributed by atoms with Crippen LogP contribution in [-0.4, -0.2) is 43.8 Å². The average molecular weight is 357 g/mol. The molecule has 2 aliphatic rings. The van der Waals surface area contributed by atoms with Gasteiger partial charge in [-0.05, 0) is 43.2 Å². The molecule has 5 nitrogen and oxygen atoms in total. The fourth-order valence-electron chi connectivity index (χ4n) is 3.59.